The lowest BCUT2D eigenvalue weighted by molar-refractivity contribution is -0.129. The number of Topliss-reactive ketones (excluding diaryl/α,β-unsaturated/α-hetero) is 1. The van der Waals surface area contributed by atoms with Gasteiger partial charge in [0.2, 0.25) is 5.91 Å². The first kappa shape index (κ1) is 24.7. The van der Waals surface area contributed by atoms with E-state index in [0.29, 0.717) is 29.5 Å². The van der Waals surface area contributed by atoms with Gasteiger partial charge in [0.1, 0.15) is 0 Å². The number of rotatable bonds is 2. The Morgan fingerprint density at radius 3 is 2.74 bits per heavy atom. The van der Waals surface area contributed by atoms with Gasteiger partial charge >= 0.3 is 0 Å². The summed E-state index contributed by atoms with van der Waals surface area (Å²) in [4.78, 5) is 34.6. The largest absolute Gasteiger partial charge is 0.388 e. The van der Waals surface area contributed by atoms with Crippen molar-refractivity contribution in [1.29, 1.82) is 0 Å². The molecule has 2 aromatic heterocycles. The number of ketones is 1. The zero-order valence-corrected chi connectivity index (χ0v) is 22.1. The van der Waals surface area contributed by atoms with E-state index in [-0.39, 0.29) is 35.5 Å². The smallest absolute Gasteiger partial charge is 0.232 e. The van der Waals surface area contributed by atoms with Crippen LogP contribution in [0.1, 0.15) is 48.7 Å². The van der Waals surface area contributed by atoms with Crippen molar-refractivity contribution in [3.63, 3.8) is 0 Å². The van der Waals surface area contributed by atoms with Crippen LogP contribution in [0.25, 0.3) is 10.9 Å². The van der Waals surface area contributed by atoms with Gasteiger partial charge in [-0.25, -0.2) is 0 Å². The number of fused-ring (bicyclic) bond motifs is 2. The van der Waals surface area contributed by atoms with Crippen LogP contribution in [0, 0.1) is 23.7 Å². The molecule has 1 saturated carbocycles. The van der Waals surface area contributed by atoms with E-state index >= 15 is 0 Å². The molecule has 0 bridgehead atoms. The van der Waals surface area contributed by atoms with Crippen LogP contribution in [-0.2, 0) is 16.6 Å². The molecule has 2 fully saturated rings. The Morgan fingerprint density at radius 2 is 1.92 bits per heavy atom. The molecule has 6 heteroatoms. The predicted molar refractivity (Wildman–Crippen MR) is 149 cm³/mol. The van der Waals surface area contributed by atoms with Crippen molar-refractivity contribution in [3.05, 3.63) is 95.5 Å². The number of amides is 1. The molecule has 0 radical (unpaired) electrons. The molecule has 3 aliphatic rings. The highest BCUT2D eigenvalue weighted by molar-refractivity contribution is 6.11. The second-order valence-electron chi connectivity index (χ2n) is 11.5. The van der Waals surface area contributed by atoms with Gasteiger partial charge in [-0.15, -0.1) is 0 Å². The van der Waals surface area contributed by atoms with Crippen molar-refractivity contribution in [2.75, 3.05) is 0 Å². The van der Waals surface area contributed by atoms with Crippen molar-refractivity contribution in [1.82, 2.24) is 15.3 Å². The normalized spacial score (nSPS) is 33.3. The molecule has 6 rings (SSSR count). The van der Waals surface area contributed by atoms with Crippen LogP contribution in [0.4, 0.5) is 0 Å². The molecular weight excluding hydrogens is 474 g/mol. The number of hydrogen-bond donors (Lipinski definition) is 4. The maximum Gasteiger partial charge on any atom is 0.232 e. The van der Waals surface area contributed by atoms with Gasteiger partial charge in [-0.2, -0.15) is 0 Å². The highest BCUT2D eigenvalue weighted by Gasteiger charge is 2.66. The van der Waals surface area contributed by atoms with Gasteiger partial charge in [-0.3, -0.25) is 9.59 Å². The summed E-state index contributed by atoms with van der Waals surface area (Å²) in [5, 5.41) is 16.1. The highest BCUT2D eigenvalue weighted by Crippen LogP contribution is 2.57. The quantitative estimate of drug-likeness (QED) is 0.366. The lowest BCUT2D eigenvalue weighted by Gasteiger charge is -2.50. The van der Waals surface area contributed by atoms with Gasteiger partial charge in [0.15, 0.2) is 5.78 Å². The Bertz CT molecular complexity index is 1510. The number of hydrogen-bond acceptors (Lipinski definition) is 3. The number of para-hydroxylation sites is 1. The minimum absolute atomic E-state index is 0.0821. The monoisotopic (exact) mass is 509 g/mol. The van der Waals surface area contributed by atoms with Crippen LogP contribution in [0.2, 0.25) is 0 Å². The number of aromatic amines is 2. The van der Waals surface area contributed by atoms with Gasteiger partial charge in [0.25, 0.3) is 0 Å². The maximum atomic E-state index is 14.4. The number of carbonyl (C=O) groups excluding carboxylic acids is 2. The number of H-pyrrole nitrogens is 2. The van der Waals surface area contributed by atoms with Gasteiger partial charge in [0, 0.05) is 52.9 Å². The van der Waals surface area contributed by atoms with E-state index in [1.807, 2.05) is 37.4 Å². The molecular formula is C32H35N3O3. The first-order valence-electron chi connectivity index (χ1n) is 13.5. The Labute approximate surface area is 222 Å². The second kappa shape index (κ2) is 8.98. The van der Waals surface area contributed by atoms with E-state index < -0.39 is 17.4 Å². The van der Waals surface area contributed by atoms with Gasteiger partial charge in [-0.1, -0.05) is 56.9 Å². The second-order valence-corrected chi connectivity index (χ2v) is 11.5. The summed E-state index contributed by atoms with van der Waals surface area (Å²) in [6.07, 6.45) is 12.1. The molecule has 38 heavy (non-hydrogen) atoms. The van der Waals surface area contributed by atoms with Crippen LogP contribution >= 0.6 is 0 Å². The third kappa shape index (κ3) is 3.43. The van der Waals surface area contributed by atoms with Gasteiger partial charge < -0.3 is 20.4 Å². The van der Waals surface area contributed by atoms with E-state index in [0.717, 1.165) is 22.0 Å². The van der Waals surface area contributed by atoms with Crippen LogP contribution in [0.5, 0.6) is 0 Å². The number of allylic oxidation sites excluding steroid dienone is 3. The average Bonchev–Trinajstić information content (AvgIpc) is 3.61. The summed E-state index contributed by atoms with van der Waals surface area (Å²) in [6, 6.07) is 7.98. The minimum atomic E-state index is -1.12. The number of benzene rings is 1. The Morgan fingerprint density at radius 1 is 1.13 bits per heavy atom. The summed E-state index contributed by atoms with van der Waals surface area (Å²) < 4.78 is 0. The molecule has 4 N–H and O–H groups in total. The first-order chi connectivity index (χ1) is 18.2. The number of aromatic nitrogens is 2. The fourth-order valence-corrected chi connectivity index (χ4v) is 7.51. The minimum Gasteiger partial charge on any atom is -0.388 e. The lowest BCUT2D eigenvalue weighted by Crippen LogP contribution is -2.57. The highest BCUT2D eigenvalue weighted by atomic mass is 16.3. The van der Waals surface area contributed by atoms with Crippen molar-refractivity contribution < 1.29 is 14.7 Å². The Hall–Kier alpha value is -3.64. The molecule has 6 nitrogen and oxygen atoms in total. The molecule has 1 saturated heterocycles. The summed E-state index contributed by atoms with van der Waals surface area (Å²) in [7, 11) is 0. The third-order valence-electron chi connectivity index (χ3n) is 9.32. The maximum absolute atomic E-state index is 14.4. The van der Waals surface area contributed by atoms with Crippen molar-refractivity contribution in [2.24, 2.45) is 23.7 Å². The van der Waals surface area contributed by atoms with E-state index in [1.54, 1.807) is 12.4 Å². The van der Waals surface area contributed by atoms with E-state index in [9.17, 15) is 14.7 Å². The van der Waals surface area contributed by atoms with E-state index in [4.69, 9.17) is 0 Å². The predicted octanol–water partition coefficient (Wildman–Crippen LogP) is 5.00. The zero-order valence-electron chi connectivity index (χ0n) is 22.1. The molecule has 1 spiro atoms. The fourth-order valence-electron chi connectivity index (χ4n) is 7.51. The summed E-state index contributed by atoms with van der Waals surface area (Å²) in [5.74, 6) is -0.972. The molecule has 7 unspecified atom stereocenters. The Balaban J connectivity index is 1.56. The molecule has 7 atom stereocenters. The van der Waals surface area contributed by atoms with Crippen molar-refractivity contribution in [2.45, 2.75) is 51.2 Å². The van der Waals surface area contributed by atoms with Gasteiger partial charge in [-0.05, 0) is 59.9 Å². The van der Waals surface area contributed by atoms with Crippen LogP contribution in [-0.4, -0.2) is 38.9 Å². The lowest BCUT2D eigenvalue weighted by atomic mass is 9.51. The van der Waals surface area contributed by atoms with Crippen LogP contribution in [0.3, 0.4) is 0 Å². The SMILES string of the molecule is C=C1C(C)C2C(Cc3c[nH]c4ccccc34)NC(=O)C23c2c[nH]cc2C(=O)C(C)=CC(C)CC=CC3C1O. The molecule has 196 valence electrons. The van der Waals surface area contributed by atoms with Crippen molar-refractivity contribution >= 4 is 22.6 Å². The van der Waals surface area contributed by atoms with Gasteiger partial charge in [0.05, 0.1) is 11.5 Å². The van der Waals surface area contributed by atoms with Crippen LogP contribution < -0.4 is 5.32 Å². The standard InChI is InChI=1S/C32H35N3O3/c1-17-8-7-10-24-30(37)20(4)19(3)28-27(13-21-14-34-26-11-6-5-9-22(21)26)35-31(38)32(24,28)25-16-33-15-23(25)29(36)18(2)12-17/h5-7,9-12,14-17,19,24,27-28,30,33-34,37H,4,8,13H2,1-3H3,(H,35,38). The number of aliphatic hydroxyl groups excluding tert-OH is 1. The summed E-state index contributed by atoms with van der Waals surface area (Å²) in [5.41, 5.74) is 3.65. The molecule has 2 aliphatic carbocycles. The summed E-state index contributed by atoms with van der Waals surface area (Å²) >= 11 is 0. The molecule has 1 aromatic carbocycles. The number of carbonyl (C=O) groups is 2. The molecule has 3 aromatic rings. The number of nitrogens with one attached hydrogen (secondary N) is 3. The van der Waals surface area contributed by atoms with Crippen LogP contribution in [0.15, 0.2) is 78.8 Å². The molecule has 3 heterocycles. The van der Waals surface area contributed by atoms with E-state index in [2.05, 4.69) is 53.9 Å². The molecule has 1 aliphatic heterocycles. The van der Waals surface area contributed by atoms with Crippen molar-refractivity contribution in [3.8, 4) is 0 Å². The Kier molecular flexibility index (Phi) is 5.84. The topological polar surface area (TPSA) is 98.0 Å². The summed E-state index contributed by atoms with van der Waals surface area (Å²) in [6.45, 7) is 10.3. The fraction of sp³-hybridized carbons (Fsp3) is 0.375. The van der Waals surface area contributed by atoms with E-state index in [1.165, 1.54) is 0 Å². The molecule has 1 amide bonds. The third-order valence-corrected chi connectivity index (χ3v) is 9.32. The number of aliphatic hydroxyl groups is 1. The average molecular weight is 510 g/mol. The first-order valence-corrected chi connectivity index (χ1v) is 13.5. The zero-order chi connectivity index (χ0) is 26.8.